The zero-order valence-corrected chi connectivity index (χ0v) is 18.4. The zero-order chi connectivity index (χ0) is 22.6. The summed E-state index contributed by atoms with van der Waals surface area (Å²) in [5, 5.41) is 0.483. The monoisotopic (exact) mass is 425 g/mol. The van der Waals surface area contributed by atoms with Gasteiger partial charge in [-0.25, -0.2) is 0 Å². The van der Waals surface area contributed by atoms with Crippen LogP contribution in [0.5, 0.6) is 5.75 Å². The third-order valence-electron chi connectivity index (χ3n) is 6.23. The van der Waals surface area contributed by atoms with E-state index in [1.54, 1.807) is 18.1 Å². The SMILES string of the molecule is COc1ccc(C2c3c(oc4ccc(C)cc4c3=O)C(=O)N2c2ccc(C)c(C)c2)cc1. The Kier molecular flexibility index (Phi) is 4.63. The smallest absolute Gasteiger partial charge is 0.295 e. The largest absolute Gasteiger partial charge is 0.497 e. The molecule has 5 heteroatoms. The molecule has 2 heterocycles. The van der Waals surface area contributed by atoms with E-state index in [1.165, 1.54) is 0 Å². The highest BCUT2D eigenvalue weighted by Gasteiger charge is 2.43. The molecule has 160 valence electrons. The lowest BCUT2D eigenvalue weighted by Gasteiger charge is -2.26. The van der Waals surface area contributed by atoms with Gasteiger partial charge in [0.2, 0.25) is 5.76 Å². The summed E-state index contributed by atoms with van der Waals surface area (Å²) in [5.41, 5.74) is 5.32. The normalized spacial score (nSPS) is 15.3. The van der Waals surface area contributed by atoms with Crippen LogP contribution in [0.15, 0.2) is 69.9 Å². The van der Waals surface area contributed by atoms with E-state index in [0.717, 1.165) is 27.9 Å². The Hall–Kier alpha value is -3.86. The Bertz CT molecular complexity index is 1430. The van der Waals surface area contributed by atoms with E-state index in [-0.39, 0.29) is 17.1 Å². The van der Waals surface area contributed by atoms with Crippen molar-refractivity contribution in [1.82, 2.24) is 0 Å². The summed E-state index contributed by atoms with van der Waals surface area (Å²) >= 11 is 0. The molecule has 0 saturated carbocycles. The van der Waals surface area contributed by atoms with Gasteiger partial charge in [-0.05, 0) is 73.9 Å². The second kappa shape index (κ2) is 7.38. The number of nitrogens with zero attached hydrogens (tertiary/aromatic N) is 1. The van der Waals surface area contributed by atoms with E-state index in [9.17, 15) is 9.59 Å². The Morgan fingerprint density at radius 1 is 0.875 bits per heavy atom. The third-order valence-corrected chi connectivity index (χ3v) is 6.23. The number of fused-ring (bicyclic) bond motifs is 2. The van der Waals surface area contributed by atoms with E-state index in [4.69, 9.17) is 9.15 Å². The third kappa shape index (κ3) is 3.01. The first kappa shape index (κ1) is 20.1. The Morgan fingerprint density at radius 3 is 2.31 bits per heavy atom. The summed E-state index contributed by atoms with van der Waals surface area (Å²) in [7, 11) is 1.61. The average molecular weight is 425 g/mol. The summed E-state index contributed by atoms with van der Waals surface area (Å²) in [6.07, 6.45) is 0. The molecular formula is C27H23NO4. The number of methoxy groups -OCH3 is 1. The lowest BCUT2D eigenvalue weighted by atomic mass is 9.97. The number of carbonyl (C=O) groups is 1. The Labute approximate surface area is 185 Å². The summed E-state index contributed by atoms with van der Waals surface area (Å²) in [6, 6.07) is 18.2. The molecule has 1 unspecified atom stereocenters. The highest BCUT2D eigenvalue weighted by Crippen LogP contribution is 2.42. The molecule has 5 nitrogen and oxygen atoms in total. The standard InChI is InChI=1S/C27H23NO4/c1-15-5-12-22-21(13-15)25(29)23-24(18-7-10-20(31-4)11-8-18)28(27(30)26(23)32-22)19-9-6-16(2)17(3)14-19/h5-14,24H,1-4H3. The van der Waals surface area contributed by atoms with Gasteiger partial charge in [0.25, 0.3) is 5.91 Å². The van der Waals surface area contributed by atoms with E-state index in [2.05, 4.69) is 0 Å². The number of amides is 1. The molecule has 32 heavy (non-hydrogen) atoms. The van der Waals surface area contributed by atoms with Crippen LogP contribution in [0.1, 0.15) is 44.4 Å². The number of rotatable bonds is 3. The fraction of sp³-hybridized carbons (Fsp3) is 0.185. The van der Waals surface area contributed by atoms with Crippen LogP contribution in [0.3, 0.4) is 0 Å². The molecule has 5 rings (SSSR count). The Morgan fingerprint density at radius 2 is 1.62 bits per heavy atom. The van der Waals surface area contributed by atoms with E-state index in [0.29, 0.717) is 22.3 Å². The maximum absolute atomic E-state index is 13.7. The minimum atomic E-state index is -0.591. The van der Waals surface area contributed by atoms with Gasteiger partial charge in [0.05, 0.1) is 24.1 Å². The molecule has 0 bridgehead atoms. The van der Waals surface area contributed by atoms with Gasteiger partial charge >= 0.3 is 0 Å². The van der Waals surface area contributed by atoms with Crippen LogP contribution in [0.4, 0.5) is 5.69 Å². The molecular weight excluding hydrogens is 402 g/mol. The number of hydrogen-bond acceptors (Lipinski definition) is 4. The summed E-state index contributed by atoms with van der Waals surface area (Å²) < 4.78 is 11.3. The van der Waals surface area contributed by atoms with Crippen LogP contribution in [-0.2, 0) is 0 Å². The topological polar surface area (TPSA) is 59.8 Å². The number of ether oxygens (including phenoxy) is 1. The van der Waals surface area contributed by atoms with Crippen molar-refractivity contribution in [1.29, 1.82) is 0 Å². The van der Waals surface area contributed by atoms with Crippen LogP contribution in [0.2, 0.25) is 0 Å². The summed E-state index contributed by atoms with van der Waals surface area (Å²) in [5.74, 6) is 0.492. The highest BCUT2D eigenvalue weighted by molar-refractivity contribution is 6.10. The van der Waals surface area contributed by atoms with Crippen molar-refractivity contribution < 1.29 is 13.9 Å². The molecule has 1 amide bonds. The molecule has 4 aromatic rings. The van der Waals surface area contributed by atoms with E-state index >= 15 is 0 Å². The van der Waals surface area contributed by atoms with Gasteiger partial charge in [-0.2, -0.15) is 0 Å². The van der Waals surface area contributed by atoms with Crippen molar-refractivity contribution in [2.75, 3.05) is 12.0 Å². The molecule has 1 aromatic heterocycles. The average Bonchev–Trinajstić information content (AvgIpc) is 3.09. The lowest BCUT2D eigenvalue weighted by molar-refractivity contribution is 0.0971. The first-order valence-electron chi connectivity index (χ1n) is 10.5. The summed E-state index contributed by atoms with van der Waals surface area (Å²) in [6.45, 7) is 5.97. The molecule has 1 aliphatic rings. The second-order valence-corrected chi connectivity index (χ2v) is 8.29. The van der Waals surface area contributed by atoms with Gasteiger partial charge in [-0.1, -0.05) is 29.8 Å². The Balaban J connectivity index is 1.80. The fourth-order valence-corrected chi connectivity index (χ4v) is 4.33. The lowest BCUT2D eigenvalue weighted by Crippen LogP contribution is -2.29. The summed E-state index contributed by atoms with van der Waals surface area (Å²) in [4.78, 5) is 29.0. The van der Waals surface area contributed by atoms with Crippen LogP contribution < -0.4 is 15.1 Å². The maximum Gasteiger partial charge on any atom is 0.295 e. The van der Waals surface area contributed by atoms with E-state index in [1.807, 2.05) is 75.4 Å². The maximum atomic E-state index is 13.7. The van der Waals surface area contributed by atoms with Crippen LogP contribution in [-0.4, -0.2) is 13.0 Å². The minimum Gasteiger partial charge on any atom is -0.497 e. The quantitative estimate of drug-likeness (QED) is 0.436. The molecule has 0 radical (unpaired) electrons. The number of aryl methyl sites for hydroxylation is 3. The van der Waals surface area contributed by atoms with Crippen LogP contribution in [0.25, 0.3) is 11.0 Å². The van der Waals surface area contributed by atoms with Crippen molar-refractivity contribution in [2.24, 2.45) is 0 Å². The molecule has 0 saturated heterocycles. The van der Waals surface area contributed by atoms with Crippen molar-refractivity contribution in [3.05, 3.63) is 104 Å². The number of hydrogen-bond donors (Lipinski definition) is 0. The second-order valence-electron chi connectivity index (χ2n) is 8.29. The number of benzene rings is 3. The van der Waals surface area contributed by atoms with Gasteiger partial charge < -0.3 is 9.15 Å². The van der Waals surface area contributed by atoms with Crippen molar-refractivity contribution in [3.63, 3.8) is 0 Å². The predicted octanol–water partition coefficient (Wildman–Crippen LogP) is 5.48. The molecule has 0 spiro atoms. The van der Waals surface area contributed by atoms with Gasteiger partial charge in [-0.3, -0.25) is 14.5 Å². The molecule has 1 aliphatic heterocycles. The fourth-order valence-electron chi connectivity index (χ4n) is 4.33. The van der Waals surface area contributed by atoms with Gasteiger partial charge in [0.15, 0.2) is 5.43 Å². The molecule has 0 aliphatic carbocycles. The first-order valence-corrected chi connectivity index (χ1v) is 10.5. The van der Waals surface area contributed by atoms with Crippen LogP contribution >= 0.6 is 0 Å². The molecule has 3 aromatic carbocycles. The van der Waals surface area contributed by atoms with Gasteiger partial charge in [0.1, 0.15) is 11.3 Å². The van der Waals surface area contributed by atoms with Crippen LogP contribution in [0, 0.1) is 20.8 Å². The highest BCUT2D eigenvalue weighted by atomic mass is 16.5. The molecule has 0 N–H and O–H groups in total. The van der Waals surface area contributed by atoms with Crippen molar-refractivity contribution in [3.8, 4) is 5.75 Å². The molecule has 1 atom stereocenters. The van der Waals surface area contributed by atoms with Gasteiger partial charge in [-0.15, -0.1) is 0 Å². The number of carbonyl (C=O) groups excluding carboxylic acids is 1. The number of anilines is 1. The van der Waals surface area contributed by atoms with Gasteiger partial charge in [0, 0.05) is 5.69 Å². The predicted molar refractivity (Wildman–Crippen MR) is 125 cm³/mol. The zero-order valence-electron chi connectivity index (χ0n) is 18.4. The first-order chi connectivity index (χ1) is 15.4. The van der Waals surface area contributed by atoms with E-state index < -0.39 is 6.04 Å². The van der Waals surface area contributed by atoms with Crippen molar-refractivity contribution >= 4 is 22.6 Å². The minimum absolute atomic E-state index is 0.102. The van der Waals surface area contributed by atoms with Crippen molar-refractivity contribution in [2.45, 2.75) is 26.8 Å². The molecule has 0 fully saturated rings.